The van der Waals surface area contributed by atoms with Crippen LogP contribution in [-0.2, 0) is 4.79 Å². The summed E-state index contributed by atoms with van der Waals surface area (Å²) in [6.07, 6.45) is 0.679. The van der Waals surface area contributed by atoms with Crippen molar-refractivity contribution in [3.8, 4) is 5.75 Å². The largest absolute Gasteiger partial charge is 0.497 e. The first kappa shape index (κ1) is 15.8. The number of carboxylic acids is 1. The number of carbonyl (C=O) groups excluding carboxylic acids is 1. The molecule has 0 heterocycles. The number of hydrogen-bond donors (Lipinski definition) is 2. The van der Waals surface area contributed by atoms with Crippen LogP contribution in [0.3, 0.4) is 0 Å². The number of ether oxygens (including phenoxy) is 1. The first-order valence-electron chi connectivity index (χ1n) is 6.41. The van der Waals surface area contributed by atoms with Crippen LogP contribution in [-0.4, -0.2) is 41.7 Å². The van der Waals surface area contributed by atoms with Gasteiger partial charge in [0.15, 0.2) is 0 Å². The molecule has 0 radical (unpaired) electrons. The Balaban J connectivity index is 2.81. The summed E-state index contributed by atoms with van der Waals surface area (Å²) in [6.45, 7) is 3.39. The maximum Gasteiger partial charge on any atom is 0.323 e. The molecule has 1 aromatic rings. The van der Waals surface area contributed by atoms with Crippen molar-refractivity contribution < 1.29 is 19.4 Å². The van der Waals surface area contributed by atoms with Crippen molar-refractivity contribution in [3.63, 3.8) is 0 Å². The van der Waals surface area contributed by atoms with Crippen LogP contribution in [0.25, 0.3) is 0 Å². The second-order valence-electron chi connectivity index (χ2n) is 4.44. The lowest BCUT2D eigenvalue weighted by Gasteiger charge is -2.27. The average molecular weight is 280 g/mol. The van der Waals surface area contributed by atoms with Gasteiger partial charge in [0.1, 0.15) is 12.3 Å². The summed E-state index contributed by atoms with van der Waals surface area (Å²) in [5, 5.41) is 11.6. The molecule has 1 unspecified atom stereocenters. The number of methoxy groups -OCH3 is 1. The summed E-state index contributed by atoms with van der Waals surface area (Å²) in [4.78, 5) is 24.3. The van der Waals surface area contributed by atoms with E-state index in [2.05, 4.69) is 5.32 Å². The summed E-state index contributed by atoms with van der Waals surface area (Å²) in [7, 11) is 1.54. The van der Waals surface area contributed by atoms with Crippen molar-refractivity contribution in [3.05, 3.63) is 24.3 Å². The molecule has 1 aromatic carbocycles. The molecule has 0 bridgehead atoms. The van der Waals surface area contributed by atoms with E-state index in [4.69, 9.17) is 9.84 Å². The van der Waals surface area contributed by atoms with Crippen molar-refractivity contribution in [2.45, 2.75) is 26.3 Å². The lowest BCUT2D eigenvalue weighted by Crippen LogP contribution is -2.44. The third-order valence-corrected chi connectivity index (χ3v) is 3.01. The Labute approximate surface area is 118 Å². The van der Waals surface area contributed by atoms with Crippen LogP contribution in [0.4, 0.5) is 10.5 Å². The van der Waals surface area contributed by atoms with Crippen LogP contribution in [0.1, 0.15) is 20.3 Å². The molecule has 1 rings (SSSR count). The number of aliphatic carboxylic acids is 1. The minimum absolute atomic E-state index is 0.156. The Hall–Kier alpha value is -2.24. The number of urea groups is 1. The Morgan fingerprint density at radius 2 is 2.15 bits per heavy atom. The molecule has 0 spiro atoms. The van der Waals surface area contributed by atoms with E-state index in [0.717, 1.165) is 0 Å². The number of rotatable bonds is 6. The Kier molecular flexibility index (Phi) is 5.83. The number of benzene rings is 1. The molecular formula is C14H20N2O4. The number of hydrogen-bond acceptors (Lipinski definition) is 3. The van der Waals surface area contributed by atoms with Crippen molar-refractivity contribution in [1.82, 2.24) is 4.90 Å². The fraction of sp³-hybridized carbons (Fsp3) is 0.429. The summed E-state index contributed by atoms with van der Waals surface area (Å²) >= 11 is 0. The van der Waals surface area contributed by atoms with Crippen LogP contribution < -0.4 is 10.1 Å². The zero-order valence-electron chi connectivity index (χ0n) is 11.9. The fourth-order valence-electron chi connectivity index (χ4n) is 1.69. The monoisotopic (exact) mass is 280 g/mol. The molecule has 0 aromatic heterocycles. The van der Waals surface area contributed by atoms with Gasteiger partial charge in [-0.2, -0.15) is 0 Å². The van der Waals surface area contributed by atoms with Gasteiger partial charge in [0.05, 0.1) is 7.11 Å². The van der Waals surface area contributed by atoms with Crippen molar-refractivity contribution in [2.24, 2.45) is 0 Å². The van der Waals surface area contributed by atoms with Gasteiger partial charge in [0.2, 0.25) is 0 Å². The Bertz CT molecular complexity index is 476. The van der Waals surface area contributed by atoms with E-state index in [1.165, 1.54) is 12.0 Å². The second kappa shape index (κ2) is 7.37. The average Bonchev–Trinajstić information content (AvgIpc) is 2.43. The van der Waals surface area contributed by atoms with Crippen molar-refractivity contribution in [1.29, 1.82) is 0 Å². The molecule has 0 aliphatic rings. The van der Waals surface area contributed by atoms with Gasteiger partial charge in [-0.1, -0.05) is 13.0 Å². The third kappa shape index (κ3) is 4.46. The lowest BCUT2D eigenvalue weighted by molar-refractivity contribution is -0.138. The predicted molar refractivity (Wildman–Crippen MR) is 76.1 cm³/mol. The highest BCUT2D eigenvalue weighted by Gasteiger charge is 2.21. The van der Waals surface area contributed by atoms with E-state index >= 15 is 0 Å². The molecule has 0 saturated heterocycles. The van der Waals surface area contributed by atoms with E-state index in [-0.39, 0.29) is 12.6 Å². The topological polar surface area (TPSA) is 78.9 Å². The minimum atomic E-state index is -1.04. The highest BCUT2D eigenvalue weighted by atomic mass is 16.5. The number of carbonyl (C=O) groups is 2. The molecule has 0 aliphatic heterocycles. The van der Waals surface area contributed by atoms with Gasteiger partial charge in [-0.15, -0.1) is 0 Å². The van der Waals surface area contributed by atoms with Crippen molar-refractivity contribution in [2.75, 3.05) is 19.0 Å². The first-order chi connectivity index (χ1) is 9.47. The minimum Gasteiger partial charge on any atom is -0.497 e. The summed E-state index contributed by atoms with van der Waals surface area (Å²) < 4.78 is 5.07. The van der Waals surface area contributed by atoms with Crippen LogP contribution in [0.2, 0.25) is 0 Å². The number of nitrogens with zero attached hydrogens (tertiary/aromatic N) is 1. The van der Waals surface area contributed by atoms with Gasteiger partial charge in [-0.05, 0) is 25.5 Å². The fourth-order valence-corrected chi connectivity index (χ4v) is 1.69. The molecule has 2 amide bonds. The second-order valence-corrected chi connectivity index (χ2v) is 4.44. The summed E-state index contributed by atoms with van der Waals surface area (Å²) in [6, 6.07) is 6.31. The van der Waals surface area contributed by atoms with E-state index in [1.54, 1.807) is 24.3 Å². The van der Waals surface area contributed by atoms with Gasteiger partial charge < -0.3 is 20.1 Å². The maximum absolute atomic E-state index is 12.2. The number of anilines is 1. The zero-order chi connectivity index (χ0) is 15.1. The lowest BCUT2D eigenvalue weighted by atomic mass is 10.2. The molecule has 2 N–H and O–H groups in total. The molecule has 6 heteroatoms. The molecule has 1 atom stereocenters. The van der Waals surface area contributed by atoms with Crippen LogP contribution in [0.15, 0.2) is 24.3 Å². The third-order valence-electron chi connectivity index (χ3n) is 3.01. The SMILES string of the molecule is CCC(C)N(CC(=O)O)C(=O)Nc1cccc(OC)c1. The highest BCUT2D eigenvalue weighted by molar-refractivity contribution is 5.91. The van der Waals surface area contributed by atoms with Crippen LogP contribution in [0, 0.1) is 0 Å². The normalized spacial score (nSPS) is 11.6. The number of carboxylic acid groups (broad SMARTS) is 1. The predicted octanol–water partition coefficient (Wildman–Crippen LogP) is 2.41. The molecule has 0 fully saturated rings. The molecule has 0 aliphatic carbocycles. The van der Waals surface area contributed by atoms with Gasteiger partial charge in [0, 0.05) is 17.8 Å². The van der Waals surface area contributed by atoms with Crippen LogP contribution in [0.5, 0.6) is 5.75 Å². The van der Waals surface area contributed by atoms with E-state index in [9.17, 15) is 9.59 Å². The highest BCUT2D eigenvalue weighted by Crippen LogP contribution is 2.17. The number of nitrogens with one attached hydrogen (secondary N) is 1. The number of amides is 2. The van der Waals surface area contributed by atoms with Gasteiger partial charge in [0.25, 0.3) is 0 Å². The summed E-state index contributed by atoms with van der Waals surface area (Å²) in [5.74, 6) is -0.415. The Morgan fingerprint density at radius 1 is 1.45 bits per heavy atom. The summed E-state index contributed by atoms with van der Waals surface area (Å²) in [5.41, 5.74) is 0.563. The van der Waals surface area contributed by atoms with Gasteiger partial charge in [-0.25, -0.2) is 4.79 Å². The molecule has 110 valence electrons. The molecule has 20 heavy (non-hydrogen) atoms. The molecule has 6 nitrogen and oxygen atoms in total. The standard InChI is InChI=1S/C14H20N2O4/c1-4-10(2)16(9-13(17)18)14(19)15-11-6-5-7-12(8-11)20-3/h5-8,10H,4,9H2,1-3H3,(H,15,19)(H,17,18). The first-order valence-corrected chi connectivity index (χ1v) is 6.41. The maximum atomic E-state index is 12.2. The Morgan fingerprint density at radius 3 is 2.70 bits per heavy atom. The van der Waals surface area contributed by atoms with E-state index in [0.29, 0.717) is 17.9 Å². The quantitative estimate of drug-likeness (QED) is 0.838. The smallest absolute Gasteiger partial charge is 0.323 e. The van der Waals surface area contributed by atoms with Crippen molar-refractivity contribution >= 4 is 17.7 Å². The van der Waals surface area contributed by atoms with Gasteiger partial charge in [-0.3, -0.25) is 4.79 Å². The molecular weight excluding hydrogens is 260 g/mol. The molecule has 0 saturated carbocycles. The van der Waals surface area contributed by atoms with Gasteiger partial charge >= 0.3 is 12.0 Å². The van der Waals surface area contributed by atoms with E-state index < -0.39 is 12.0 Å². The van der Waals surface area contributed by atoms with E-state index in [1.807, 2.05) is 13.8 Å². The zero-order valence-corrected chi connectivity index (χ0v) is 11.9. The van der Waals surface area contributed by atoms with Crippen LogP contribution >= 0.6 is 0 Å².